The smallest absolute Gasteiger partial charge is 0.258 e. The number of hydrogen-bond acceptors (Lipinski definition) is 8. The Labute approximate surface area is 132 Å². The van der Waals surface area contributed by atoms with Crippen LogP contribution in [0.1, 0.15) is 0 Å². The Morgan fingerprint density at radius 1 is 1.14 bits per heavy atom. The predicted molar refractivity (Wildman–Crippen MR) is 81.7 cm³/mol. The molecule has 2 aromatic heterocycles. The lowest BCUT2D eigenvalue weighted by molar-refractivity contribution is -0.421. The van der Waals surface area contributed by atoms with E-state index in [1.54, 1.807) is 12.1 Å². The van der Waals surface area contributed by atoms with Crippen molar-refractivity contribution in [1.82, 2.24) is 8.75 Å². The van der Waals surface area contributed by atoms with Gasteiger partial charge in [0.25, 0.3) is 0 Å². The molecule has 0 saturated carbocycles. The maximum atomic E-state index is 11.3. The fourth-order valence-electron chi connectivity index (χ4n) is 1.91. The molecule has 3 rings (SSSR count). The zero-order chi connectivity index (χ0) is 15.1. The van der Waals surface area contributed by atoms with Crippen LogP contribution in [-0.2, 0) is 0 Å². The van der Waals surface area contributed by atoms with Crippen LogP contribution in [0.3, 0.4) is 0 Å². The molecule has 21 heavy (non-hydrogen) atoms. The Hall–Kier alpha value is -1.98. The lowest BCUT2D eigenvalue weighted by Gasteiger charge is -2.02. The summed E-state index contributed by atoms with van der Waals surface area (Å²) in [6, 6.07) is 4.46. The van der Waals surface area contributed by atoms with Gasteiger partial charge in [0.15, 0.2) is 0 Å². The van der Waals surface area contributed by atoms with E-state index in [1.165, 1.54) is 11.3 Å². The van der Waals surface area contributed by atoms with Crippen molar-refractivity contribution in [2.75, 3.05) is 0 Å². The molecule has 106 valence electrons. The van der Waals surface area contributed by atoms with Crippen molar-refractivity contribution >= 4 is 61.4 Å². The lowest BCUT2D eigenvalue weighted by atomic mass is 10.1. The normalized spacial score (nSPS) is 10.9. The molecule has 0 aliphatic rings. The van der Waals surface area contributed by atoms with E-state index in [9.17, 15) is 20.2 Å². The zero-order valence-electron chi connectivity index (χ0n) is 9.85. The van der Waals surface area contributed by atoms with Gasteiger partial charge in [-0.3, -0.25) is 20.2 Å². The maximum absolute atomic E-state index is 11.3. The van der Waals surface area contributed by atoms with E-state index in [2.05, 4.69) is 24.7 Å². The summed E-state index contributed by atoms with van der Waals surface area (Å²) in [7, 11) is 0. The molecular weight excluding hydrogens is 384 g/mol. The number of halogens is 1. The number of thiophene rings is 1. The third-order valence-corrected chi connectivity index (χ3v) is 4.89. The van der Waals surface area contributed by atoms with Crippen LogP contribution in [0.15, 0.2) is 22.0 Å². The van der Waals surface area contributed by atoms with E-state index in [-0.39, 0.29) is 11.1 Å². The van der Waals surface area contributed by atoms with Gasteiger partial charge in [-0.25, -0.2) is 0 Å². The third kappa shape index (κ3) is 2.28. The van der Waals surface area contributed by atoms with Crippen LogP contribution in [-0.4, -0.2) is 18.6 Å². The first-order chi connectivity index (χ1) is 9.99. The number of benzene rings is 1. The molecule has 11 heteroatoms. The molecular formula is C10H3BrN4O4S2. The molecule has 8 nitrogen and oxygen atoms in total. The largest absolute Gasteiger partial charge is 0.356 e. The summed E-state index contributed by atoms with van der Waals surface area (Å²) in [4.78, 5) is 21.5. The summed E-state index contributed by atoms with van der Waals surface area (Å²) >= 11 is 5.37. The minimum Gasteiger partial charge on any atom is -0.258 e. The number of fused-ring (bicyclic) bond motifs is 1. The summed E-state index contributed by atoms with van der Waals surface area (Å²) in [5.74, 6) is 0. The molecule has 1 aromatic carbocycles. The summed E-state index contributed by atoms with van der Waals surface area (Å²) in [6.07, 6.45) is 0. The number of nitro benzene ring substituents is 2. The molecule has 2 heterocycles. The molecule has 0 unspecified atom stereocenters. The van der Waals surface area contributed by atoms with E-state index in [4.69, 9.17) is 0 Å². The highest BCUT2D eigenvalue weighted by Crippen LogP contribution is 2.45. The van der Waals surface area contributed by atoms with Crippen LogP contribution in [0.5, 0.6) is 0 Å². The first-order valence-electron chi connectivity index (χ1n) is 5.33. The van der Waals surface area contributed by atoms with Gasteiger partial charge >= 0.3 is 11.4 Å². The Bertz CT molecular complexity index is 890. The fraction of sp³-hybridized carbons (Fsp3) is 0. The molecule has 0 fully saturated rings. The van der Waals surface area contributed by atoms with Gasteiger partial charge in [-0.1, -0.05) is 0 Å². The minimum absolute atomic E-state index is 0.133. The first-order valence-corrected chi connectivity index (χ1v) is 7.66. The van der Waals surface area contributed by atoms with E-state index < -0.39 is 21.2 Å². The Balaban J connectivity index is 2.49. The van der Waals surface area contributed by atoms with E-state index in [0.717, 1.165) is 21.6 Å². The highest BCUT2D eigenvalue weighted by molar-refractivity contribution is 9.11. The third-order valence-electron chi connectivity index (χ3n) is 2.70. The number of hydrogen-bond donors (Lipinski definition) is 0. The molecule has 0 spiro atoms. The highest BCUT2D eigenvalue weighted by atomic mass is 79.9. The van der Waals surface area contributed by atoms with Crippen LogP contribution in [0.25, 0.3) is 21.5 Å². The summed E-state index contributed by atoms with van der Waals surface area (Å²) in [5, 5.41) is 22.5. The van der Waals surface area contributed by atoms with Crippen molar-refractivity contribution < 1.29 is 9.85 Å². The molecule has 0 atom stereocenters. The summed E-state index contributed by atoms with van der Waals surface area (Å²) < 4.78 is 8.75. The number of nitro groups is 2. The van der Waals surface area contributed by atoms with Crippen molar-refractivity contribution in [3.63, 3.8) is 0 Å². The topological polar surface area (TPSA) is 112 Å². The average Bonchev–Trinajstić information content (AvgIpc) is 3.04. The van der Waals surface area contributed by atoms with Gasteiger partial charge in [0.05, 0.1) is 31.4 Å². The van der Waals surface area contributed by atoms with Crippen molar-refractivity contribution in [3.8, 4) is 10.4 Å². The van der Waals surface area contributed by atoms with Crippen LogP contribution >= 0.6 is 39.0 Å². The van der Waals surface area contributed by atoms with Crippen molar-refractivity contribution in [1.29, 1.82) is 0 Å². The minimum atomic E-state index is -0.775. The van der Waals surface area contributed by atoms with Gasteiger partial charge in [0.1, 0.15) is 16.6 Å². The number of rotatable bonds is 3. The Kier molecular flexibility index (Phi) is 3.39. The zero-order valence-corrected chi connectivity index (χ0v) is 13.1. The van der Waals surface area contributed by atoms with Crippen molar-refractivity contribution in [2.45, 2.75) is 0 Å². The molecule has 0 saturated heterocycles. The van der Waals surface area contributed by atoms with E-state index in [1.807, 2.05) is 0 Å². The van der Waals surface area contributed by atoms with Gasteiger partial charge in [-0.2, -0.15) is 8.75 Å². The second-order valence-corrected chi connectivity index (χ2v) is 6.86. The Morgan fingerprint density at radius 2 is 1.90 bits per heavy atom. The van der Waals surface area contributed by atoms with Crippen LogP contribution in [0, 0.1) is 20.2 Å². The average molecular weight is 387 g/mol. The van der Waals surface area contributed by atoms with Gasteiger partial charge in [-0.05, 0) is 28.1 Å². The molecule has 3 aromatic rings. The highest BCUT2D eigenvalue weighted by Gasteiger charge is 2.33. The number of nitrogens with zero attached hydrogens (tertiary/aromatic N) is 4. The van der Waals surface area contributed by atoms with Crippen molar-refractivity contribution in [2.24, 2.45) is 0 Å². The SMILES string of the molecule is O=[N+]([O-])c1cc2nsnc2c(-c2ccc(Br)s2)c1[N+](=O)[O-]. The van der Waals surface area contributed by atoms with Gasteiger partial charge in [0.2, 0.25) is 0 Å². The number of aromatic nitrogens is 2. The first kappa shape index (κ1) is 14.0. The fourth-order valence-corrected chi connectivity index (χ4v) is 3.88. The molecule has 0 bridgehead atoms. The molecule has 0 N–H and O–H groups in total. The standard InChI is InChI=1S/C10H3BrN4O4S2/c11-7-2-1-6(20-7)8-9-4(12-21-13-9)3-5(14(16)17)10(8)15(18)19/h1-3H. The van der Waals surface area contributed by atoms with Gasteiger partial charge in [0, 0.05) is 4.88 Å². The lowest BCUT2D eigenvalue weighted by Crippen LogP contribution is -1.99. The Morgan fingerprint density at radius 3 is 2.48 bits per heavy atom. The molecule has 0 amide bonds. The van der Waals surface area contributed by atoms with Crippen LogP contribution < -0.4 is 0 Å². The molecule has 0 aliphatic carbocycles. The maximum Gasteiger partial charge on any atom is 0.356 e. The quantitative estimate of drug-likeness (QED) is 0.496. The second kappa shape index (κ2) is 5.09. The van der Waals surface area contributed by atoms with E-state index >= 15 is 0 Å². The van der Waals surface area contributed by atoms with Crippen molar-refractivity contribution in [3.05, 3.63) is 42.2 Å². The molecule has 0 radical (unpaired) electrons. The predicted octanol–water partition coefficient (Wildman–Crippen LogP) is 4.00. The van der Waals surface area contributed by atoms with Crippen LogP contribution in [0.2, 0.25) is 0 Å². The molecule has 0 aliphatic heterocycles. The summed E-state index contributed by atoms with van der Waals surface area (Å²) in [5.41, 5.74) is -0.439. The second-order valence-electron chi connectivity index (χ2n) is 3.87. The van der Waals surface area contributed by atoms with Gasteiger partial charge in [-0.15, -0.1) is 11.3 Å². The van der Waals surface area contributed by atoms with Gasteiger partial charge < -0.3 is 0 Å². The monoisotopic (exact) mass is 386 g/mol. The van der Waals surface area contributed by atoms with E-state index in [0.29, 0.717) is 10.4 Å². The summed E-state index contributed by atoms with van der Waals surface area (Å²) in [6.45, 7) is 0. The van der Waals surface area contributed by atoms with Crippen LogP contribution in [0.4, 0.5) is 11.4 Å².